The lowest BCUT2D eigenvalue weighted by molar-refractivity contribution is -0.131. The second-order valence-corrected chi connectivity index (χ2v) is 5.38. The van der Waals surface area contributed by atoms with E-state index < -0.39 is 6.10 Å². The van der Waals surface area contributed by atoms with Crippen LogP contribution in [-0.2, 0) is 16.2 Å². The standard InChI is InChI=1S/C17H25NO3/c1-4-8-16(19)15(11-13(2)3)17(20)18-21-12-14-9-6-5-7-10-14/h5-7,9-11,13,16,19H,4,8,12H2,1-3H3,(H,18,20)/t16-/m1/s1. The van der Waals surface area contributed by atoms with Crippen molar-refractivity contribution < 1.29 is 14.7 Å². The molecule has 21 heavy (non-hydrogen) atoms. The number of aliphatic hydroxyl groups excluding tert-OH is 1. The summed E-state index contributed by atoms with van der Waals surface area (Å²) < 4.78 is 0. The number of carbonyl (C=O) groups is 1. The lowest BCUT2D eigenvalue weighted by Crippen LogP contribution is -2.31. The molecule has 1 aromatic rings. The maximum absolute atomic E-state index is 12.1. The summed E-state index contributed by atoms with van der Waals surface area (Å²) in [6.45, 7) is 6.21. The van der Waals surface area contributed by atoms with Crippen LogP contribution in [0.15, 0.2) is 42.0 Å². The average molecular weight is 291 g/mol. The molecule has 0 spiro atoms. The minimum absolute atomic E-state index is 0.186. The molecule has 0 fully saturated rings. The van der Waals surface area contributed by atoms with Crippen molar-refractivity contribution in [1.29, 1.82) is 0 Å². The van der Waals surface area contributed by atoms with Crippen LogP contribution < -0.4 is 5.48 Å². The van der Waals surface area contributed by atoms with Gasteiger partial charge in [-0.25, -0.2) is 5.48 Å². The lowest BCUT2D eigenvalue weighted by atomic mass is 10.0. The predicted molar refractivity (Wildman–Crippen MR) is 83.2 cm³/mol. The van der Waals surface area contributed by atoms with Crippen LogP contribution in [0.2, 0.25) is 0 Å². The van der Waals surface area contributed by atoms with Crippen LogP contribution >= 0.6 is 0 Å². The normalized spacial score (nSPS) is 13.3. The Morgan fingerprint density at radius 1 is 1.33 bits per heavy atom. The first-order chi connectivity index (χ1) is 10.0. The molecular formula is C17H25NO3. The first-order valence-corrected chi connectivity index (χ1v) is 7.40. The number of carbonyl (C=O) groups excluding carboxylic acids is 1. The summed E-state index contributed by atoms with van der Waals surface area (Å²) in [6, 6.07) is 9.59. The number of hydrogen-bond donors (Lipinski definition) is 2. The Hall–Kier alpha value is -1.65. The Balaban J connectivity index is 2.56. The average Bonchev–Trinajstić information content (AvgIpc) is 2.45. The third-order valence-electron chi connectivity index (χ3n) is 2.94. The number of benzene rings is 1. The zero-order valence-corrected chi connectivity index (χ0v) is 13.0. The Morgan fingerprint density at radius 2 is 2.00 bits per heavy atom. The summed E-state index contributed by atoms with van der Waals surface area (Å²) in [4.78, 5) is 17.3. The Kier molecular flexibility index (Phi) is 7.72. The van der Waals surface area contributed by atoms with Gasteiger partial charge in [0, 0.05) is 5.57 Å². The van der Waals surface area contributed by atoms with Crippen LogP contribution in [0.1, 0.15) is 39.2 Å². The van der Waals surface area contributed by atoms with E-state index in [-0.39, 0.29) is 11.8 Å². The predicted octanol–water partition coefficient (Wildman–Crippen LogP) is 2.98. The highest BCUT2D eigenvalue weighted by molar-refractivity contribution is 5.93. The summed E-state index contributed by atoms with van der Waals surface area (Å²) in [5, 5.41) is 10.1. The summed E-state index contributed by atoms with van der Waals surface area (Å²) >= 11 is 0. The molecule has 0 saturated carbocycles. The fourth-order valence-corrected chi connectivity index (χ4v) is 1.94. The van der Waals surface area contributed by atoms with Gasteiger partial charge in [-0.15, -0.1) is 0 Å². The maximum Gasteiger partial charge on any atom is 0.273 e. The van der Waals surface area contributed by atoms with E-state index in [9.17, 15) is 9.90 Å². The molecule has 4 heteroatoms. The zero-order valence-electron chi connectivity index (χ0n) is 13.0. The van der Waals surface area contributed by atoms with Crippen molar-refractivity contribution in [3.05, 3.63) is 47.5 Å². The van der Waals surface area contributed by atoms with Crippen molar-refractivity contribution in [1.82, 2.24) is 5.48 Å². The number of hydrogen-bond acceptors (Lipinski definition) is 3. The number of aliphatic hydroxyl groups is 1. The van der Waals surface area contributed by atoms with Crippen molar-refractivity contribution in [3.63, 3.8) is 0 Å². The highest BCUT2D eigenvalue weighted by Crippen LogP contribution is 2.12. The molecule has 0 aliphatic heterocycles. The van der Waals surface area contributed by atoms with Gasteiger partial charge in [0.25, 0.3) is 5.91 Å². The SMILES string of the molecule is CCC[C@@H](O)C(=CC(C)C)C(=O)NOCc1ccccc1. The third-order valence-corrected chi connectivity index (χ3v) is 2.94. The molecule has 1 aromatic carbocycles. The molecule has 1 atom stereocenters. The first kappa shape index (κ1) is 17.4. The van der Waals surface area contributed by atoms with E-state index in [1.165, 1.54) is 0 Å². The van der Waals surface area contributed by atoms with Crippen molar-refractivity contribution in [2.75, 3.05) is 0 Å². The van der Waals surface area contributed by atoms with Crippen LogP contribution in [0.5, 0.6) is 0 Å². The van der Waals surface area contributed by atoms with Gasteiger partial charge in [0.15, 0.2) is 0 Å². The van der Waals surface area contributed by atoms with Crippen molar-refractivity contribution >= 4 is 5.91 Å². The van der Waals surface area contributed by atoms with Crippen molar-refractivity contribution in [2.24, 2.45) is 5.92 Å². The Bertz CT molecular complexity index is 454. The number of amides is 1. The summed E-state index contributed by atoms with van der Waals surface area (Å²) in [5.41, 5.74) is 3.76. The minimum Gasteiger partial charge on any atom is -0.388 e. The number of rotatable bonds is 8. The molecule has 2 N–H and O–H groups in total. The lowest BCUT2D eigenvalue weighted by Gasteiger charge is -2.15. The fourth-order valence-electron chi connectivity index (χ4n) is 1.94. The number of allylic oxidation sites excluding steroid dienone is 1. The Morgan fingerprint density at radius 3 is 2.57 bits per heavy atom. The second kappa shape index (κ2) is 9.32. The Labute approximate surface area is 126 Å². The van der Waals surface area contributed by atoms with Gasteiger partial charge in [-0.1, -0.05) is 63.6 Å². The molecule has 0 radical (unpaired) electrons. The quantitative estimate of drug-likeness (QED) is 0.572. The van der Waals surface area contributed by atoms with Crippen LogP contribution in [0.25, 0.3) is 0 Å². The molecule has 0 aliphatic carbocycles. The number of nitrogens with one attached hydrogen (secondary N) is 1. The maximum atomic E-state index is 12.1. The monoisotopic (exact) mass is 291 g/mol. The molecular weight excluding hydrogens is 266 g/mol. The smallest absolute Gasteiger partial charge is 0.273 e. The minimum atomic E-state index is -0.752. The van der Waals surface area contributed by atoms with Gasteiger partial charge in [0.05, 0.1) is 12.7 Å². The number of hydroxylamine groups is 1. The molecule has 1 amide bonds. The topological polar surface area (TPSA) is 58.6 Å². The van der Waals surface area contributed by atoms with E-state index in [1.54, 1.807) is 6.08 Å². The van der Waals surface area contributed by atoms with E-state index in [0.29, 0.717) is 18.6 Å². The molecule has 116 valence electrons. The first-order valence-electron chi connectivity index (χ1n) is 7.40. The van der Waals surface area contributed by atoms with Gasteiger partial charge in [-0.2, -0.15) is 0 Å². The summed E-state index contributed by atoms with van der Waals surface area (Å²) in [5.74, 6) is -0.188. The van der Waals surface area contributed by atoms with Crippen LogP contribution in [-0.4, -0.2) is 17.1 Å². The highest BCUT2D eigenvalue weighted by atomic mass is 16.6. The van der Waals surface area contributed by atoms with Gasteiger partial charge < -0.3 is 5.11 Å². The van der Waals surface area contributed by atoms with E-state index in [0.717, 1.165) is 12.0 Å². The second-order valence-electron chi connectivity index (χ2n) is 5.38. The summed E-state index contributed by atoms with van der Waals surface area (Å²) in [7, 11) is 0. The molecule has 0 saturated heterocycles. The molecule has 0 aromatic heterocycles. The third kappa shape index (κ3) is 6.56. The zero-order chi connectivity index (χ0) is 15.7. The molecule has 1 rings (SSSR count). The van der Waals surface area contributed by atoms with E-state index in [2.05, 4.69) is 5.48 Å². The van der Waals surface area contributed by atoms with E-state index >= 15 is 0 Å². The van der Waals surface area contributed by atoms with Crippen LogP contribution in [0.4, 0.5) is 0 Å². The van der Waals surface area contributed by atoms with Crippen LogP contribution in [0, 0.1) is 5.92 Å². The van der Waals surface area contributed by atoms with Gasteiger partial charge in [0.2, 0.25) is 0 Å². The van der Waals surface area contributed by atoms with E-state index in [1.807, 2.05) is 51.1 Å². The summed E-state index contributed by atoms with van der Waals surface area (Å²) in [6.07, 6.45) is 2.40. The largest absolute Gasteiger partial charge is 0.388 e. The van der Waals surface area contributed by atoms with Crippen molar-refractivity contribution in [2.45, 2.75) is 46.3 Å². The molecule has 0 bridgehead atoms. The fraction of sp³-hybridized carbons (Fsp3) is 0.471. The van der Waals surface area contributed by atoms with Crippen LogP contribution in [0.3, 0.4) is 0 Å². The van der Waals surface area contributed by atoms with Gasteiger partial charge in [-0.05, 0) is 17.9 Å². The van der Waals surface area contributed by atoms with Gasteiger partial charge in [0.1, 0.15) is 0 Å². The van der Waals surface area contributed by atoms with E-state index in [4.69, 9.17) is 4.84 Å². The highest BCUT2D eigenvalue weighted by Gasteiger charge is 2.18. The van der Waals surface area contributed by atoms with Gasteiger partial charge >= 0.3 is 0 Å². The molecule has 0 heterocycles. The van der Waals surface area contributed by atoms with Crippen molar-refractivity contribution in [3.8, 4) is 0 Å². The molecule has 0 unspecified atom stereocenters. The molecule has 0 aliphatic rings. The van der Waals surface area contributed by atoms with Gasteiger partial charge in [-0.3, -0.25) is 9.63 Å². The molecule has 4 nitrogen and oxygen atoms in total.